The van der Waals surface area contributed by atoms with Gasteiger partial charge in [0.25, 0.3) is 0 Å². The van der Waals surface area contributed by atoms with E-state index in [2.05, 4.69) is 18.3 Å². The number of benzene rings is 1. The third-order valence-corrected chi connectivity index (χ3v) is 4.15. The van der Waals surface area contributed by atoms with E-state index in [1.807, 2.05) is 12.1 Å². The van der Waals surface area contributed by atoms with Gasteiger partial charge in [0.1, 0.15) is 5.75 Å². The zero-order valence-corrected chi connectivity index (χ0v) is 13.2. The van der Waals surface area contributed by atoms with Crippen molar-refractivity contribution in [2.75, 3.05) is 13.2 Å². The summed E-state index contributed by atoms with van der Waals surface area (Å²) in [6, 6.07) is 6.43. The molecule has 112 valence electrons. The second kappa shape index (κ2) is 8.53. The zero-order chi connectivity index (χ0) is 14.2. The van der Waals surface area contributed by atoms with Crippen LogP contribution in [0.4, 0.5) is 0 Å². The highest BCUT2D eigenvalue weighted by molar-refractivity contribution is 6.30. The molecule has 0 aliphatic carbocycles. The topological polar surface area (TPSA) is 21.3 Å². The first-order valence-electron chi connectivity index (χ1n) is 7.97. The van der Waals surface area contributed by atoms with Crippen LogP contribution in [0.5, 0.6) is 5.75 Å². The third kappa shape index (κ3) is 4.68. The first-order valence-corrected chi connectivity index (χ1v) is 8.34. The smallest absolute Gasteiger partial charge is 0.125 e. The molecule has 0 amide bonds. The molecule has 1 N–H and O–H groups in total. The fourth-order valence-corrected chi connectivity index (χ4v) is 2.93. The summed E-state index contributed by atoms with van der Waals surface area (Å²) in [6.07, 6.45) is 8.86. The van der Waals surface area contributed by atoms with Crippen molar-refractivity contribution >= 4 is 11.6 Å². The number of nitrogens with one attached hydrogen (secondary N) is 1. The lowest BCUT2D eigenvalue weighted by Crippen LogP contribution is -2.22. The fourth-order valence-electron chi connectivity index (χ4n) is 2.76. The molecular formula is C17H26ClNO. The number of rotatable bonds is 7. The van der Waals surface area contributed by atoms with Crippen LogP contribution in [0.25, 0.3) is 0 Å². The molecule has 0 spiro atoms. The normalized spacial score (nSPS) is 18.2. The lowest BCUT2D eigenvalue weighted by Gasteiger charge is -2.18. The molecule has 0 aromatic heterocycles. The highest BCUT2D eigenvalue weighted by Gasteiger charge is 2.19. The largest absolute Gasteiger partial charge is 0.493 e. The zero-order valence-electron chi connectivity index (χ0n) is 12.5. The molecule has 0 bridgehead atoms. The molecular weight excluding hydrogens is 270 g/mol. The molecule has 2 rings (SSSR count). The van der Waals surface area contributed by atoms with Gasteiger partial charge in [0, 0.05) is 16.6 Å². The molecule has 0 fully saturated rings. The van der Waals surface area contributed by atoms with Crippen molar-refractivity contribution in [1.29, 1.82) is 0 Å². The van der Waals surface area contributed by atoms with E-state index in [-0.39, 0.29) is 0 Å². The molecule has 1 aromatic rings. The van der Waals surface area contributed by atoms with E-state index in [1.54, 1.807) is 0 Å². The second-order valence-corrected chi connectivity index (χ2v) is 6.03. The van der Waals surface area contributed by atoms with Gasteiger partial charge < -0.3 is 10.1 Å². The standard InChI is InChI=1S/C17H26ClNO/c1-2-3-4-5-6-11-19-16-8-7-12-20-17-13-14(18)9-10-15(16)17/h9-10,13,16,19H,2-8,11-12H2,1H3. The highest BCUT2D eigenvalue weighted by Crippen LogP contribution is 2.33. The van der Waals surface area contributed by atoms with Gasteiger partial charge in [-0.25, -0.2) is 0 Å². The van der Waals surface area contributed by atoms with Gasteiger partial charge in [-0.1, -0.05) is 50.3 Å². The summed E-state index contributed by atoms with van der Waals surface area (Å²) in [5, 5.41) is 4.44. The van der Waals surface area contributed by atoms with Crippen LogP contribution in [0.3, 0.4) is 0 Å². The number of fused-ring (bicyclic) bond motifs is 1. The molecule has 1 aromatic carbocycles. The van der Waals surface area contributed by atoms with Crippen molar-refractivity contribution < 1.29 is 4.74 Å². The predicted molar refractivity (Wildman–Crippen MR) is 85.7 cm³/mol. The third-order valence-electron chi connectivity index (χ3n) is 3.92. The Hall–Kier alpha value is -0.730. The average molecular weight is 296 g/mol. The number of unbranched alkanes of at least 4 members (excludes halogenated alkanes) is 4. The van der Waals surface area contributed by atoms with Gasteiger partial charge in [-0.2, -0.15) is 0 Å². The minimum absolute atomic E-state index is 0.413. The van der Waals surface area contributed by atoms with Gasteiger partial charge in [0.15, 0.2) is 0 Å². The molecule has 1 atom stereocenters. The first-order chi connectivity index (χ1) is 9.81. The minimum Gasteiger partial charge on any atom is -0.493 e. The first kappa shape index (κ1) is 15.7. The quantitative estimate of drug-likeness (QED) is 0.705. The number of hydrogen-bond donors (Lipinski definition) is 1. The average Bonchev–Trinajstić information content (AvgIpc) is 2.64. The monoisotopic (exact) mass is 295 g/mol. The number of ether oxygens (including phenoxy) is 1. The van der Waals surface area contributed by atoms with Gasteiger partial charge in [-0.15, -0.1) is 0 Å². The molecule has 0 radical (unpaired) electrons. The van der Waals surface area contributed by atoms with E-state index in [0.717, 1.165) is 36.8 Å². The van der Waals surface area contributed by atoms with Crippen LogP contribution in [0.1, 0.15) is 63.5 Å². The van der Waals surface area contributed by atoms with Crippen LogP contribution < -0.4 is 10.1 Å². The van der Waals surface area contributed by atoms with E-state index in [4.69, 9.17) is 16.3 Å². The Kier molecular flexibility index (Phi) is 6.68. The summed E-state index contributed by atoms with van der Waals surface area (Å²) in [5.41, 5.74) is 1.26. The van der Waals surface area contributed by atoms with E-state index >= 15 is 0 Å². The maximum Gasteiger partial charge on any atom is 0.125 e. The van der Waals surface area contributed by atoms with Crippen molar-refractivity contribution in [1.82, 2.24) is 5.32 Å². The summed E-state index contributed by atoms with van der Waals surface area (Å²) in [6.45, 7) is 4.14. The van der Waals surface area contributed by atoms with Gasteiger partial charge >= 0.3 is 0 Å². The van der Waals surface area contributed by atoms with Crippen LogP contribution in [0.15, 0.2) is 18.2 Å². The van der Waals surface area contributed by atoms with Crippen molar-refractivity contribution in [2.45, 2.75) is 57.9 Å². The highest BCUT2D eigenvalue weighted by atomic mass is 35.5. The van der Waals surface area contributed by atoms with E-state index in [0.29, 0.717) is 6.04 Å². The van der Waals surface area contributed by atoms with Crippen LogP contribution in [0, 0.1) is 0 Å². The van der Waals surface area contributed by atoms with Gasteiger partial charge in [0.05, 0.1) is 6.61 Å². The molecule has 3 heteroatoms. The molecule has 1 heterocycles. The second-order valence-electron chi connectivity index (χ2n) is 5.59. The number of hydrogen-bond acceptors (Lipinski definition) is 2. The Balaban J connectivity index is 1.85. The molecule has 1 unspecified atom stereocenters. The molecule has 0 saturated heterocycles. The molecule has 2 nitrogen and oxygen atoms in total. The fraction of sp³-hybridized carbons (Fsp3) is 0.647. The predicted octanol–water partition coefficient (Wildman–Crippen LogP) is 5.11. The van der Waals surface area contributed by atoms with Crippen LogP contribution in [-0.2, 0) is 0 Å². The van der Waals surface area contributed by atoms with Crippen molar-refractivity contribution in [3.63, 3.8) is 0 Å². The van der Waals surface area contributed by atoms with Crippen molar-refractivity contribution in [2.24, 2.45) is 0 Å². The Morgan fingerprint density at radius 2 is 2.10 bits per heavy atom. The van der Waals surface area contributed by atoms with Crippen molar-refractivity contribution in [3.05, 3.63) is 28.8 Å². The van der Waals surface area contributed by atoms with Gasteiger partial charge in [0.2, 0.25) is 0 Å². The van der Waals surface area contributed by atoms with Crippen LogP contribution in [-0.4, -0.2) is 13.2 Å². The summed E-state index contributed by atoms with van der Waals surface area (Å²) in [4.78, 5) is 0. The van der Waals surface area contributed by atoms with Gasteiger partial charge in [-0.05, 0) is 37.9 Å². The SMILES string of the molecule is CCCCCCCNC1CCCOc2cc(Cl)ccc21. The molecule has 20 heavy (non-hydrogen) atoms. The summed E-state index contributed by atoms with van der Waals surface area (Å²) >= 11 is 6.05. The van der Waals surface area contributed by atoms with Gasteiger partial charge in [-0.3, -0.25) is 0 Å². The van der Waals surface area contributed by atoms with E-state index in [1.165, 1.54) is 37.7 Å². The van der Waals surface area contributed by atoms with E-state index < -0.39 is 0 Å². The summed E-state index contributed by atoms with van der Waals surface area (Å²) in [7, 11) is 0. The molecule has 1 aliphatic heterocycles. The van der Waals surface area contributed by atoms with Crippen LogP contribution >= 0.6 is 11.6 Å². The van der Waals surface area contributed by atoms with E-state index in [9.17, 15) is 0 Å². The maximum absolute atomic E-state index is 6.05. The lowest BCUT2D eigenvalue weighted by molar-refractivity contribution is 0.315. The number of halogens is 1. The Bertz CT molecular complexity index is 408. The summed E-state index contributed by atoms with van der Waals surface area (Å²) in [5.74, 6) is 0.957. The molecule has 0 saturated carbocycles. The molecule has 1 aliphatic rings. The van der Waals surface area contributed by atoms with Crippen LogP contribution in [0.2, 0.25) is 5.02 Å². The Labute approximate surface area is 127 Å². The summed E-state index contributed by atoms with van der Waals surface area (Å²) < 4.78 is 5.79. The minimum atomic E-state index is 0.413. The Morgan fingerprint density at radius 1 is 1.25 bits per heavy atom. The van der Waals surface area contributed by atoms with Crippen molar-refractivity contribution in [3.8, 4) is 5.75 Å². The Morgan fingerprint density at radius 3 is 2.95 bits per heavy atom. The lowest BCUT2D eigenvalue weighted by atomic mass is 10.0. The maximum atomic E-state index is 6.05.